The Hall–Kier alpha value is -3.74. The Labute approximate surface area is 161 Å². The molecule has 28 heavy (non-hydrogen) atoms. The Bertz CT molecular complexity index is 999. The summed E-state index contributed by atoms with van der Waals surface area (Å²) in [6.45, 7) is 0.0757. The molecule has 0 aliphatic carbocycles. The van der Waals surface area contributed by atoms with Gasteiger partial charge in [-0.15, -0.1) is 0 Å². The van der Waals surface area contributed by atoms with E-state index in [9.17, 15) is 14.4 Å². The summed E-state index contributed by atoms with van der Waals surface area (Å²) in [5.74, 6) is -1.99. The first-order valence-corrected chi connectivity index (χ1v) is 8.68. The quantitative estimate of drug-likeness (QED) is 0.611. The molecule has 1 aromatic heterocycles. The molecule has 3 aromatic rings. The number of benzene rings is 2. The number of nitrogens with two attached hydrogens (primary N) is 1. The van der Waals surface area contributed by atoms with Gasteiger partial charge in [0.05, 0.1) is 17.5 Å². The summed E-state index contributed by atoms with van der Waals surface area (Å²) in [6, 6.07) is 16.7. The van der Waals surface area contributed by atoms with Crippen LogP contribution in [0.15, 0.2) is 66.9 Å². The predicted octanol–water partition coefficient (Wildman–Crippen LogP) is 1.95. The Morgan fingerprint density at radius 2 is 1.75 bits per heavy atom. The SMILES string of the molecule is NC(=O)[C@H](CC(=O)OCc1ccccc1)NC(=O)c1cccc2cccnc12. The molecule has 0 saturated heterocycles. The van der Waals surface area contributed by atoms with Crippen molar-refractivity contribution in [2.75, 3.05) is 0 Å². The maximum Gasteiger partial charge on any atom is 0.308 e. The molecule has 0 bridgehead atoms. The molecule has 0 aliphatic heterocycles. The molecular weight excluding hydrogens is 358 g/mol. The lowest BCUT2D eigenvalue weighted by atomic mass is 10.1. The smallest absolute Gasteiger partial charge is 0.308 e. The van der Waals surface area contributed by atoms with Gasteiger partial charge in [-0.2, -0.15) is 0 Å². The lowest BCUT2D eigenvalue weighted by molar-refractivity contribution is -0.146. The fraction of sp³-hybridized carbons (Fsp3) is 0.143. The van der Waals surface area contributed by atoms with Crippen LogP contribution in [0.5, 0.6) is 0 Å². The summed E-state index contributed by atoms with van der Waals surface area (Å²) in [6.07, 6.45) is 1.22. The lowest BCUT2D eigenvalue weighted by Gasteiger charge is -2.15. The number of carbonyl (C=O) groups excluding carboxylic acids is 3. The molecule has 7 heteroatoms. The zero-order valence-electron chi connectivity index (χ0n) is 15.0. The van der Waals surface area contributed by atoms with Crippen LogP contribution >= 0.6 is 0 Å². The number of nitrogens with one attached hydrogen (secondary N) is 1. The monoisotopic (exact) mass is 377 g/mol. The molecule has 3 N–H and O–H groups in total. The number of primary amides is 1. The van der Waals surface area contributed by atoms with Crippen molar-refractivity contribution in [3.63, 3.8) is 0 Å². The minimum Gasteiger partial charge on any atom is -0.461 e. The highest BCUT2D eigenvalue weighted by Gasteiger charge is 2.24. The van der Waals surface area contributed by atoms with Crippen molar-refractivity contribution in [1.82, 2.24) is 10.3 Å². The van der Waals surface area contributed by atoms with Crippen molar-refractivity contribution in [3.8, 4) is 0 Å². The summed E-state index contributed by atoms with van der Waals surface area (Å²) >= 11 is 0. The van der Waals surface area contributed by atoms with E-state index in [4.69, 9.17) is 10.5 Å². The molecule has 142 valence electrons. The molecule has 7 nitrogen and oxygen atoms in total. The van der Waals surface area contributed by atoms with Crippen LogP contribution < -0.4 is 11.1 Å². The van der Waals surface area contributed by atoms with Crippen molar-refractivity contribution in [1.29, 1.82) is 0 Å². The Morgan fingerprint density at radius 1 is 1.00 bits per heavy atom. The first kappa shape index (κ1) is 19.0. The molecule has 3 rings (SSSR count). The maximum atomic E-state index is 12.6. The number of esters is 1. The van der Waals surface area contributed by atoms with E-state index < -0.39 is 23.8 Å². The van der Waals surface area contributed by atoms with E-state index in [2.05, 4.69) is 10.3 Å². The van der Waals surface area contributed by atoms with Crippen molar-refractivity contribution >= 4 is 28.7 Å². The van der Waals surface area contributed by atoms with E-state index in [1.807, 2.05) is 42.5 Å². The first-order valence-electron chi connectivity index (χ1n) is 8.68. The van der Waals surface area contributed by atoms with Crippen molar-refractivity contribution in [3.05, 3.63) is 78.0 Å². The molecule has 0 aliphatic rings. The van der Waals surface area contributed by atoms with Crippen molar-refractivity contribution < 1.29 is 19.1 Å². The number of carbonyl (C=O) groups is 3. The van der Waals surface area contributed by atoms with Crippen LogP contribution in [0.4, 0.5) is 0 Å². The second-order valence-corrected chi connectivity index (χ2v) is 6.16. The number of ether oxygens (including phenoxy) is 1. The second kappa shape index (κ2) is 8.77. The number of nitrogens with zero attached hydrogens (tertiary/aromatic N) is 1. The fourth-order valence-electron chi connectivity index (χ4n) is 2.71. The highest BCUT2D eigenvalue weighted by molar-refractivity contribution is 6.06. The molecule has 2 amide bonds. The third kappa shape index (κ3) is 4.70. The molecule has 0 saturated carbocycles. The minimum atomic E-state index is -1.19. The van der Waals surface area contributed by atoms with Crippen molar-refractivity contribution in [2.45, 2.75) is 19.1 Å². The molecule has 0 fully saturated rings. The summed E-state index contributed by atoms with van der Waals surface area (Å²) in [5.41, 5.74) is 6.96. The van der Waals surface area contributed by atoms with E-state index in [-0.39, 0.29) is 13.0 Å². The average Bonchev–Trinajstić information content (AvgIpc) is 2.72. The number of amides is 2. The summed E-state index contributed by atoms with van der Waals surface area (Å²) in [4.78, 5) is 40.6. The van der Waals surface area contributed by atoms with Gasteiger partial charge in [0.25, 0.3) is 5.91 Å². The zero-order valence-corrected chi connectivity index (χ0v) is 15.0. The number of rotatable bonds is 7. The van der Waals surface area contributed by atoms with Gasteiger partial charge in [-0.1, -0.05) is 48.5 Å². The summed E-state index contributed by atoms with van der Waals surface area (Å²) in [7, 11) is 0. The minimum absolute atomic E-state index is 0.0757. The number of hydrogen-bond acceptors (Lipinski definition) is 5. The third-order valence-electron chi connectivity index (χ3n) is 4.14. The summed E-state index contributed by atoms with van der Waals surface area (Å²) < 4.78 is 5.16. The zero-order chi connectivity index (χ0) is 19.9. The molecule has 1 heterocycles. The van der Waals surface area contributed by atoms with Gasteiger partial charge in [0.2, 0.25) is 5.91 Å². The van der Waals surface area contributed by atoms with E-state index in [1.165, 1.54) is 0 Å². The molecule has 0 radical (unpaired) electrons. The number of hydrogen-bond donors (Lipinski definition) is 2. The van der Waals surface area contributed by atoms with Gasteiger partial charge in [0.15, 0.2) is 0 Å². The normalized spacial score (nSPS) is 11.6. The molecule has 1 atom stereocenters. The predicted molar refractivity (Wildman–Crippen MR) is 103 cm³/mol. The van der Waals surface area contributed by atoms with E-state index in [0.717, 1.165) is 10.9 Å². The molecule has 2 aromatic carbocycles. The van der Waals surface area contributed by atoms with Gasteiger partial charge in [0, 0.05) is 11.6 Å². The fourth-order valence-corrected chi connectivity index (χ4v) is 2.71. The second-order valence-electron chi connectivity index (χ2n) is 6.16. The van der Waals surface area contributed by atoms with Gasteiger partial charge >= 0.3 is 5.97 Å². The summed E-state index contributed by atoms with van der Waals surface area (Å²) in [5, 5.41) is 3.28. The molecule has 0 unspecified atom stereocenters. The number of aromatic nitrogens is 1. The van der Waals surface area contributed by atoms with Gasteiger partial charge in [-0.25, -0.2) is 0 Å². The van der Waals surface area contributed by atoms with Gasteiger partial charge in [-0.05, 0) is 17.7 Å². The van der Waals surface area contributed by atoms with Crippen LogP contribution in [0.3, 0.4) is 0 Å². The van der Waals surface area contributed by atoms with Crippen LogP contribution in [0.1, 0.15) is 22.3 Å². The van der Waals surface area contributed by atoms with E-state index >= 15 is 0 Å². The number of para-hydroxylation sites is 1. The van der Waals surface area contributed by atoms with Crippen LogP contribution in [-0.2, 0) is 20.9 Å². The highest BCUT2D eigenvalue weighted by atomic mass is 16.5. The van der Waals surface area contributed by atoms with Gasteiger partial charge < -0.3 is 15.8 Å². The maximum absolute atomic E-state index is 12.6. The average molecular weight is 377 g/mol. The number of pyridine rings is 1. The molecular formula is C21H19N3O4. The largest absolute Gasteiger partial charge is 0.461 e. The van der Waals surface area contributed by atoms with Crippen LogP contribution in [0.2, 0.25) is 0 Å². The first-order chi connectivity index (χ1) is 13.5. The van der Waals surface area contributed by atoms with E-state index in [0.29, 0.717) is 11.1 Å². The third-order valence-corrected chi connectivity index (χ3v) is 4.14. The Morgan fingerprint density at radius 3 is 2.50 bits per heavy atom. The Balaban J connectivity index is 1.66. The van der Waals surface area contributed by atoms with Gasteiger partial charge in [0.1, 0.15) is 12.6 Å². The highest BCUT2D eigenvalue weighted by Crippen LogP contribution is 2.16. The van der Waals surface area contributed by atoms with Crippen molar-refractivity contribution in [2.24, 2.45) is 5.73 Å². The molecule has 0 spiro atoms. The van der Waals surface area contributed by atoms with E-state index in [1.54, 1.807) is 24.4 Å². The standard InChI is InChI=1S/C21H19N3O4/c22-20(26)17(12-18(25)28-13-14-6-2-1-3-7-14)24-21(27)16-10-4-8-15-9-5-11-23-19(15)16/h1-11,17H,12-13H2,(H2,22,26)(H,24,27)/t17-/m0/s1. The Kier molecular flexibility index (Phi) is 5.96. The lowest BCUT2D eigenvalue weighted by Crippen LogP contribution is -2.46. The van der Waals surface area contributed by atoms with Crippen LogP contribution in [0, 0.1) is 0 Å². The topological polar surface area (TPSA) is 111 Å². The van der Waals surface area contributed by atoms with Crippen LogP contribution in [-0.4, -0.2) is 28.8 Å². The number of fused-ring (bicyclic) bond motifs is 1. The van der Waals surface area contributed by atoms with Gasteiger partial charge in [-0.3, -0.25) is 19.4 Å². The van der Waals surface area contributed by atoms with Crippen LogP contribution in [0.25, 0.3) is 10.9 Å².